The fourth-order valence-electron chi connectivity index (χ4n) is 0.266. The smallest absolute Gasteiger partial charge is 0.320 e. The highest BCUT2D eigenvalue weighted by molar-refractivity contribution is 6.28. The third kappa shape index (κ3) is 5.15. The van der Waals surface area contributed by atoms with Gasteiger partial charge in [0, 0.05) is 5.88 Å². The fraction of sp³-hybridized carbons (Fsp3) is 0.800. The molecule has 0 aromatic rings. The highest BCUT2D eigenvalue weighted by Crippen LogP contribution is 1.99. The maximum atomic E-state index is 10.4. The van der Waals surface area contributed by atoms with E-state index >= 15 is 0 Å². The molecule has 0 N–H and O–H groups in total. The van der Waals surface area contributed by atoms with Gasteiger partial charge in [-0.3, -0.25) is 4.79 Å². The monoisotopic (exact) mass is 204 g/mol. The van der Waals surface area contributed by atoms with E-state index in [2.05, 4.69) is 4.74 Å². The van der Waals surface area contributed by atoms with E-state index in [4.69, 9.17) is 34.8 Å². The third-order valence-electron chi connectivity index (χ3n) is 0.702. The number of carbonyl (C=O) groups excluding carboxylic acids is 1. The molecule has 0 heterocycles. The average Bonchev–Trinajstić information content (AvgIpc) is 1.99. The van der Waals surface area contributed by atoms with Gasteiger partial charge < -0.3 is 4.74 Å². The molecule has 0 radical (unpaired) electrons. The second-order valence-corrected chi connectivity index (χ2v) is 2.76. The van der Waals surface area contributed by atoms with Crippen LogP contribution in [0.25, 0.3) is 0 Å². The molecule has 0 bridgehead atoms. The highest BCUT2D eigenvalue weighted by Gasteiger charge is 2.05. The number of esters is 1. The summed E-state index contributed by atoms with van der Waals surface area (Å²) in [7, 11) is 0. The first-order valence-electron chi connectivity index (χ1n) is 2.62. The maximum absolute atomic E-state index is 10.4. The summed E-state index contributed by atoms with van der Waals surface area (Å²) in [6, 6.07) is 0. The number of hydrogen-bond acceptors (Lipinski definition) is 2. The lowest BCUT2D eigenvalue weighted by Crippen LogP contribution is -2.15. The standard InChI is InChI=1S/C5H7Cl3O2/c6-1-4(8)3-10-5(9)2-7/h4H,1-3H2. The van der Waals surface area contributed by atoms with E-state index in [9.17, 15) is 4.79 Å². The Kier molecular flexibility index (Phi) is 6.28. The van der Waals surface area contributed by atoms with Crippen LogP contribution in [-0.4, -0.2) is 29.7 Å². The molecule has 0 amide bonds. The van der Waals surface area contributed by atoms with Crippen molar-refractivity contribution >= 4 is 40.8 Å². The van der Waals surface area contributed by atoms with Crippen LogP contribution < -0.4 is 0 Å². The summed E-state index contributed by atoms with van der Waals surface area (Å²) in [5.41, 5.74) is 0. The van der Waals surface area contributed by atoms with Crippen LogP contribution in [0.1, 0.15) is 0 Å². The number of rotatable bonds is 4. The van der Waals surface area contributed by atoms with Crippen molar-refractivity contribution in [3.05, 3.63) is 0 Å². The summed E-state index contributed by atoms with van der Waals surface area (Å²) in [5.74, 6) is -0.360. The van der Waals surface area contributed by atoms with Gasteiger partial charge in [0.1, 0.15) is 12.5 Å². The first-order chi connectivity index (χ1) is 4.70. The molecule has 5 heteroatoms. The molecule has 1 atom stereocenters. The van der Waals surface area contributed by atoms with Gasteiger partial charge in [0.2, 0.25) is 0 Å². The van der Waals surface area contributed by atoms with Gasteiger partial charge in [0.25, 0.3) is 0 Å². The Balaban J connectivity index is 3.26. The minimum Gasteiger partial charge on any atom is -0.463 e. The van der Waals surface area contributed by atoms with E-state index in [1.54, 1.807) is 0 Å². The predicted molar refractivity (Wildman–Crippen MR) is 42.0 cm³/mol. The largest absolute Gasteiger partial charge is 0.463 e. The van der Waals surface area contributed by atoms with Crippen molar-refractivity contribution < 1.29 is 9.53 Å². The Bertz CT molecular complexity index is 107. The molecule has 0 saturated heterocycles. The summed E-state index contributed by atoms with van der Waals surface area (Å²) < 4.78 is 4.56. The van der Waals surface area contributed by atoms with Gasteiger partial charge in [-0.25, -0.2) is 0 Å². The number of carbonyl (C=O) groups is 1. The second-order valence-electron chi connectivity index (χ2n) is 1.57. The summed E-state index contributed by atoms with van der Waals surface area (Å²) in [5, 5.41) is -0.325. The van der Waals surface area contributed by atoms with Crippen molar-refractivity contribution in [3.63, 3.8) is 0 Å². The first-order valence-corrected chi connectivity index (χ1v) is 4.13. The minimum absolute atomic E-state index is 0.122. The van der Waals surface area contributed by atoms with E-state index in [0.717, 1.165) is 0 Å². The molecule has 0 fully saturated rings. The van der Waals surface area contributed by atoms with Crippen molar-refractivity contribution in [2.75, 3.05) is 18.4 Å². The van der Waals surface area contributed by atoms with Gasteiger partial charge in [0.15, 0.2) is 0 Å². The Morgan fingerprint density at radius 1 is 1.50 bits per heavy atom. The van der Waals surface area contributed by atoms with Gasteiger partial charge in [-0.2, -0.15) is 0 Å². The topological polar surface area (TPSA) is 26.3 Å². The fourth-order valence-corrected chi connectivity index (χ4v) is 0.496. The Morgan fingerprint density at radius 2 is 2.10 bits per heavy atom. The van der Waals surface area contributed by atoms with Crippen LogP contribution in [-0.2, 0) is 9.53 Å². The summed E-state index contributed by atoms with van der Waals surface area (Å²) >= 11 is 16.0. The second kappa shape index (κ2) is 6.08. The summed E-state index contributed by atoms with van der Waals surface area (Å²) in [4.78, 5) is 10.4. The Hall–Kier alpha value is 0.340. The van der Waals surface area contributed by atoms with Crippen LogP contribution in [0.3, 0.4) is 0 Å². The van der Waals surface area contributed by atoms with Gasteiger partial charge in [-0.15, -0.1) is 34.8 Å². The van der Waals surface area contributed by atoms with Crippen molar-refractivity contribution in [2.45, 2.75) is 5.38 Å². The molecule has 0 saturated carbocycles. The molecule has 10 heavy (non-hydrogen) atoms. The molecular weight excluding hydrogens is 198 g/mol. The van der Waals surface area contributed by atoms with Crippen molar-refractivity contribution in [1.82, 2.24) is 0 Å². The molecule has 0 rings (SSSR count). The van der Waals surface area contributed by atoms with Gasteiger partial charge in [0.05, 0.1) is 5.38 Å². The van der Waals surface area contributed by atoms with Crippen molar-refractivity contribution in [2.24, 2.45) is 0 Å². The lowest BCUT2D eigenvalue weighted by atomic mass is 10.5. The zero-order valence-corrected chi connectivity index (χ0v) is 7.42. The third-order valence-corrected chi connectivity index (χ3v) is 1.73. The molecule has 0 aromatic heterocycles. The quantitative estimate of drug-likeness (QED) is 0.515. The molecular formula is C5H7Cl3O2. The summed E-state index contributed by atoms with van der Waals surface area (Å²) in [6.07, 6.45) is 0. The Labute approximate surface area is 74.4 Å². The van der Waals surface area contributed by atoms with Crippen LogP contribution in [0.2, 0.25) is 0 Å². The van der Waals surface area contributed by atoms with Gasteiger partial charge in [-0.05, 0) is 0 Å². The van der Waals surface area contributed by atoms with Crippen molar-refractivity contribution in [1.29, 1.82) is 0 Å². The zero-order chi connectivity index (χ0) is 7.98. The predicted octanol–water partition coefficient (Wildman–Crippen LogP) is 1.61. The zero-order valence-electron chi connectivity index (χ0n) is 5.15. The molecule has 0 aliphatic rings. The lowest BCUT2D eigenvalue weighted by Gasteiger charge is -2.04. The van der Waals surface area contributed by atoms with E-state index in [-0.39, 0.29) is 23.7 Å². The number of hydrogen-bond donors (Lipinski definition) is 0. The maximum Gasteiger partial charge on any atom is 0.320 e. The molecule has 1 unspecified atom stereocenters. The van der Waals surface area contributed by atoms with Crippen LogP contribution >= 0.6 is 34.8 Å². The van der Waals surface area contributed by atoms with Crippen LogP contribution in [0.15, 0.2) is 0 Å². The number of halogens is 3. The highest BCUT2D eigenvalue weighted by atomic mass is 35.5. The van der Waals surface area contributed by atoms with E-state index in [1.807, 2.05) is 0 Å². The van der Waals surface area contributed by atoms with Gasteiger partial charge >= 0.3 is 5.97 Å². The normalized spacial score (nSPS) is 12.7. The average molecular weight is 205 g/mol. The number of ether oxygens (including phenoxy) is 1. The minimum atomic E-state index is -0.475. The Morgan fingerprint density at radius 3 is 2.50 bits per heavy atom. The molecule has 0 spiro atoms. The SMILES string of the molecule is O=C(CCl)OCC(Cl)CCl. The molecule has 0 aliphatic heterocycles. The first kappa shape index (κ1) is 10.3. The van der Waals surface area contributed by atoms with E-state index < -0.39 is 5.97 Å². The summed E-state index contributed by atoms with van der Waals surface area (Å²) in [6.45, 7) is 0.122. The number of alkyl halides is 3. The molecule has 0 aliphatic carbocycles. The molecule has 2 nitrogen and oxygen atoms in total. The van der Waals surface area contributed by atoms with Crippen molar-refractivity contribution in [3.8, 4) is 0 Å². The van der Waals surface area contributed by atoms with Crippen LogP contribution in [0.4, 0.5) is 0 Å². The van der Waals surface area contributed by atoms with E-state index in [0.29, 0.717) is 0 Å². The van der Waals surface area contributed by atoms with Crippen LogP contribution in [0, 0.1) is 0 Å². The van der Waals surface area contributed by atoms with Gasteiger partial charge in [-0.1, -0.05) is 0 Å². The molecule has 60 valence electrons. The lowest BCUT2D eigenvalue weighted by molar-refractivity contribution is -0.140. The molecule has 0 aromatic carbocycles. The van der Waals surface area contributed by atoms with E-state index in [1.165, 1.54) is 0 Å². The van der Waals surface area contributed by atoms with Crippen LogP contribution in [0.5, 0.6) is 0 Å².